The molecule has 0 amide bonds. The summed E-state index contributed by atoms with van der Waals surface area (Å²) in [5.41, 5.74) is 0.0423. The SMILES string of the molecule is CCCCCc1nnn([C@H]2C[C@H](n3cc(C)c(=O)[nH]c3=O)O[C@@H]2CO)c1C(=O)OC. The van der Waals surface area contributed by atoms with Crippen molar-refractivity contribution in [3.8, 4) is 0 Å². The van der Waals surface area contributed by atoms with Gasteiger partial charge in [-0.1, -0.05) is 25.0 Å². The van der Waals surface area contributed by atoms with Gasteiger partial charge in [0.25, 0.3) is 5.56 Å². The van der Waals surface area contributed by atoms with Gasteiger partial charge in [-0.2, -0.15) is 0 Å². The van der Waals surface area contributed by atoms with Crippen molar-refractivity contribution < 1.29 is 19.4 Å². The van der Waals surface area contributed by atoms with Crippen molar-refractivity contribution in [1.29, 1.82) is 0 Å². The number of ether oxygens (including phenoxy) is 2. The Morgan fingerprint density at radius 3 is 2.83 bits per heavy atom. The zero-order valence-corrected chi connectivity index (χ0v) is 17.3. The summed E-state index contributed by atoms with van der Waals surface area (Å²) in [6, 6.07) is -0.541. The topological polar surface area (TPSA) is 141 Å². The fourth-order valence-electron chi connectivity index (χ4n) is 3.69. The molecule has 0 radical (unpaired) electrons. The number of carbonyl (C=O) groups is 1. The van der Waals surface area contributed by atoms with Crippen molar-refractivity contribution in [1.82, 2.24) is 24.5 Å². The summed E-state index contributed by atoms with van der Waals surface area (Å²) in [6.07, 6.45) is 3.67. The normalized spacial score (nSPS) is 21.1. The maximum atomic E-state index is 12.5. The number of aryl methyl sites for hydroxylation is 2. The van der Waals surface area contributed by atoms with Crippen LogP contribution in [0.1, 0.15) is 66.6 Å². The third-order valence-electron chi connectivity index (χ3n) is 5.31. The van der Waals surface area contributed by atoms with Crippen LogP contribution < -0.4 is 11.2 Å². The smallest absolute Gasteiger partial charge is 0.358 e. The lowest BCUT2D eigenvalue weighted by Crippen LogP contribution is -2.33. The van der Waals surface area contributed by atoms with E-state index in [0.717, 1.165) is 19.3 Å². The second-order valence-corrected chi connectivity index (χ2v) is 7.37. The van der Waals surface area contributed by atoms with E-state index in [9.17, 15) is 19.5 Å². The highest BCUT2D eigenvalue weighted by molar-refractivity contribution is 5.88. The van der Waals surface area contributed by atoms with Crippen molar-refractivity contribution in [2.24, 2.45) is 0 Å². The summed E-state index contributed by atoms with van der Waals surface area (Å²) >= 11 is 0. The molecule has 0 bridgehead atoms. The van der Waals surface area contributed by atoms with Crippen molar-refractivity contribution in [3.63, 3.8) is 0 Å². The summed E-state index contributed by atoms with van der Waals surface area (Å²) < 4.78 is 13.5. The minimum Gasteiger partial charge on any atom is -0.464 e. The van der Waals surface area contributed by atoms with Gasteiger partial charge in [-0.3, -0.25) is 14.3 Å². The van der Waals surface area contributed by atoms with Crippen molar-refractivity contribution in [2.45, 2.75) is 64.3 Å². The average Bonchev–Trinajstić information content (AvgIpc) is 3.34. The molecule has 30 heavy (non-hydrogen) atoms. The Balaban J connectivity index is 1.95. The second kappa shape index (κ2) is 9.35. The number of hydrogen-bond acceptors (Lipinski definition) is 8. The van der Waals surface area contributed by atoms with Gasteiger partial charge in [-0.25, -0.2) is 14.3 Å². The zero-order valence-electron chi connectivity index (χ0n) is 17.3. The first-order valence-electron chi connectivity index (χ1n) is 10.0. The standard InChI is InChI=1S/C19H27N5O6/c1-4-5-6-7-12-16(18(27)29-3)24(22-21-12)13-8-15(30-14(13)10-25)23-9-11(2)17(26)20-19(23)28/h9,13-15,25H,4-8,10H2,1-3H3,(H,20,26,28)/t13-,14+,15+/m0/s1. The van der Waals surface area contributed by atoms with E-state index in [0.29, 0.717) is 17.7 Å². The number of carbonyl (C=O) groups excluding carboxylic acids is 1. The van der Waals surface area contributed by atoms with Gasteiger partial charge in [0.05, 0.1) is 25.5 Å². The summed E-state index contributed by atoms with van der Waals surface area (Å²) in [6.45, 7) is 3.32. The Morgan fingerprint density at radius 2 is 2.17 bits per heavy atom. The van der Waals surface area contributed by atoms with Gasteiger partial charge in [0.1, 0.15) is 12.3 Å². The number of aromatic amines is 1. The molecule has 0 spiro atoms. The van der Waals surface area contributed by atoms with Gasteiger partial charge in [0.15, 0.2) is 5.69 Å². The predicted molar refractivity (Wildman–Crippen MR) is 105 cm³/mol. The van der Waals surface area contributed by atoms with Crippen LogP contribution in [0, 0.1) is 6.92 Å². The number of H-pyrrole nitrogens is 1. The van der Waals surface area contributed by atoms with Gasteiger partial charge < -0.3 is 14.6 Å². The Labute approximate surface area is 172 Å². The van der Waals surface area contributed by atoms with Gasteiger partial charge in [-0.05, 0) is 19.8 Å². The number of aliphatic hydroxyl groups excluding tert-OH is 1. The Morgan fingerprint density at radius 1 is 1.40 bits per heavy atom. The van der Waals surface area contributed by atoms with E-state index in [2.05, 4.69) is 22.2 Å². The third kappa shape index (κ3) is 4.21. The monoisotopic (exact) mass is 421 g/mol. The highest BCUT2D eigenvalue weighted by atomic mass is 16.5. The molecule has 1 fully saturated rings. The van der Waals surface area contributed by atoms with Crippen LogP contribution in [-0.4, -0.2) is 55.4 Å². The number of unbranched alkanes of at least 4 members (excludes halogenated alkanes) is 2. The lowest BCUT2D eigenvalue weighted by Gasteiger charge is -2.17. The maximum Gasteiger partial charge on any atom is 0.358 e. The lowest BCUT2D eigenvalue weighted by molar-refractivity contribution is -0.0325. The molecule has 11 nitrogen and oxygen atoms in total. The van der Waals surface area contributed by atoms with Crippen LogP contribution in [0.3, 0.4) is 0 Å². The highest BCUT2D eigenvalue weighted by Crippen LogP contribution is 2.36. The molecule has 0 aliphatic carbocycles. The summed E-state index contributed by atoms with van der Waals surface area (Å²) in [7, 11) is 1.29. The quantitative estimate of drug-likeness (QED) is 0.463. The zero-order chi connectivity index (χ0) is 21.8. The van der Waals surface area contributed by atoms with Gasteiger partial charge in [0, 0.05) is 18.2 Å². The fraction of sp³-hybridized carbons (Fsp3) is 0.632. The van der Waals surface area contributed by atoms with E-state index < -0.39 is 35.6 Å². The molecular formula is C19H27N5O6. The first-order chi connectivity index (χ1) is 14.4. The number of methoxy groups -OCH3 is 1. The Bertz CT molecular complexity index is 1010. The van der Waals surface area contributed by atoms with Gasteiger partial charge in [0.2, 0.25) is 0 Å². The molecule has 3 heterocycles. The molecule has 0 aromatic carbocycles. The highest BCUT2D eigenvalue weighted by Gasteiger charge is 2.40. The number of nitrogens with one attached hydrogen (secondary N) is 1. The molecule has 1 aliphatic rings. The molecule has 2 aromatic rings. The summed E-state index contributed by atoms with van der Waals surface area (Å²) in [4.78, 5) is 38.6. The molecule has 0 unspecified atom stereocenters. The maximum absolute atomic E-state index is 12.5. The minimum atomic E-state index is -0.742. The van der Waals surface area contributed by atoms with Crippen molar-refractivity contribution in [2.75, 3.05) is 13.7 Å². The van der Waals surface area contributed by atoms with Crippen LogP contribution in [0.4, 0.5) is 0 Å². The van der Waals surface area contributed by atoms with E-state index in [1.165, 1.54) is 22.6 Å². The largest absolute Gasteiger partial charge is 0.464 e. The Kier molecular flexibility index (Phi) is 6.83. The van der Waals surface area contributed by atoms with E-state index in [-0.39, 0.29) is 18.7 Å². The number of aliphatic hydroxyl groups is 1. The first kappa shape index (κ1) is 21.9. The first-order valence-corrected chi connectivity index (χ1v) is 10.0. The van der Waals surface area contributed by atoms with Crippen LogP contribution >= 0.6 is 0 Å². The minimum absolute atomic E-state index is 0.228. The molecular weight excluding hydrogens is 394 g/mol. The molecule has 11 heteroatoms. The van der Waals surface area contributed by atoms with Crippen LogP contribution in [0.15, 0.2) is 15.8 Å². The molecule has 2 aromatic heterocycles. The molecule has 2 N–H and O–H groups in total. The predicted octanol–water partition coefficient (Wildman–Crippen LogP) is 0.477. The van der Waals surface area contributed by atoms with E-state index in [4.69, 9.17) is 9.47 Å². The molecule has 3 atom stereocenters. The summed E-state index contributed by atoms with van der Waals surface area (Å²) in [5.74, 6) is -0.566. The van der Waals surface area contributed by atoms with Gasteiger partial charge in [-0.15, -0.1) is 5.10 Å². The number of nitrogens with zero attached hydrogens (tertiary/aromatic N) is 4. The molecule has 1 aliphatic heterocycles. The molecule has 164 valence electrons. The van der Waals surface area contributed by atoms with Crippen molar-refractivity contribution >= 4 is 5.97 Å². The van der Waals surface area contributed by atoms with Gasteiger partial charge >= 0.3 is 11.7 Å². The lowest BCUT2D eigenvalue weighted by atomic mass is 10.1. The number of esters is 1. The van der Waals surface area contributed by atoms with E-state index >= 15 is 0 Å². The number of rotatable bonds is 8. The Hall–Kier alpha value is -2.79. The number of hydrogen-bond donors (Lipinski definition) is 2. The fourth-order valence-corrected chi connectivity index (χ4v) is 3.69. The number of aromatic nitrogens is 5. The van der Waals surface area contributed by atoms with E-state index in [1.807, 2.05) is 0 Å². The van der Waals surface area contributed by atoms with Crippen LogP contribution in [-0.2, 0) is 15.9 Å². The van der Waals surface area contributed by atoms with Crippen LogP contribution in [0.2, 0.25) is 0 Å². The van der Waals surface area contributed by atoms with Crippen molar-refractivity contribution in [3.05, 3.63) is 44.0 Å². The summed E-state index contributed by atoms with van der Waals surface area (Å²) in [5, 5.41) is 18.2. The van der Waals surface area contributed by atoms with Crippen LogP contribution in [0.25, 0.3) is 0 Å². The molecule has 0 saturated carbocycles. The van der Waals surface area contributed by atoms with Crippen LogP contribution in [0.5, 0.6) is 0 Å². The third-order valence-corrected chi connectivity index (χ3v) is 5.31. The molecule has 3 rings (SSSR count). The molecule has 1 saturated heterocycles. The average molecular weight is 421 g/mol. The second-order valence-electron chi connectivity index (χ2n) is 7.37. The van der Waals surface area contributed by atoms with E-state index in [1.54, 1.807) is 6.92 Å².